The van der Waals surface area contributed by atoms with Crippen molar-refractivity contribution in [2.45, 2.75) is 45.1 Å². The number of rotatable bonds is 14. The quantitative estimate of drug-likeness (QED) is 0.251. The molecule has 0 saturated carbocycles. The molecule has 0 N–H and O–H groups in total. The third-order valence-corrected chi connectivity index (χ3v) is 9.74. The van der Waals surface area contributed by atoms with Gasteiger partial charge in [-0.05, 0) is 54.5 Å². The maximum atomic E-state index is 5.94. The van der Waals surface area contributed by atoms with Crippen LogP contribution in [-0.4, -0.2) is 48.2 Å². The molecule has 172 valence electrons. The largest absolute Gasteiger partial charge is 0.500 e. The van der Waals surface area contributed by atoms with Gasteiger partial charge in [0, 0.05) is 32.8 Å². The van der Waals surface area contributed by atoms with E-state index < -0.39 is 8.80 Å². The molecule has 31 heavy (non-hydrogen) atoms. The second-order valence-corrected chi connectivity index (χ2v) is 12.5. The van der Waals surface area contributed by atoms with Crippen LogP contribution in [-0.2, 0) is 18.7 Å². The van der Waals surface area contributed by atoms with Gasteiger partial charge in [0.1, 0.15) is 5.75 Å². The first-order valence-corrected chi connectivity index (χ1v) is 14.0. The van der Waals surface area contributed by atoms with Gasteiger partial charge in [0.25, 0.3) is 0 Å². The maximum Gasteiger partial charge on any atom is 0.500 e. The lowest BCUT2D eigenvalue weighted by Gasteiger charge is -2.26. The van der Waals surface area contributed by atoms with Crippen LogP contribution in [0.2, 0.25) is 6.04 Å². The van der Waals surface area contributed by atoms with Gasteiger partial charge in [0.05, 0.1) is 6.61 Å². The molecule has 0 saturated heterocycles. The van der Waals surface area contributed by atoms with Gasteiger partial charge in [-0.25, -0.2) is 0 Å². The lowest BCUT2D eigenvalue weighted by molar-refractivity contribution is 0.123. The van der Waals surface area contributed by atoms with Crippen molar-refractivity contribution in [1.29, 1.82) is 0 Å². The van der Waals surface area contributed by atoms with Crippen LogP contribution in [0.3, 0.4) is 0 Å². The van der Waals surface area contributed by atoms with E-state index in [9.17, 15) is 0 Å². The molecule has 0 radical (unpaired) electrons. The van der Waals surface area contributed by atoms with Crippen LogP contribution in [0.15, 0.2) is 48.5 Å². The molecule has 2 aromatic carbocycles. The summed E-state index contributed by atoms with van der Waals surface area (Å²) in [5.41, 5.74) is 3.88. The predicted molar refractivity (Wildman–Crippen MR) is 133 cm³/mol. The van der Waals surface area contributed by atoms with E-state index in [1.165, 1.54) is 16.7 Å². The van der Waals surface area contributed by atoms with Crippen molar-refractivity contribution in [3.63, 3.8) is 0 Å². The normalized spacial score (nSPS) is 12.2. The van der Waals surface area contributed by atoms with Crippen LogP contribution in [0.5, 0.6) is 5.75 Å². The highest BCUT2D eigenvalue weighted by molar-refractivity contribution is 7.99. The minimum absolute atomic E-state index is 0.0300. The number of aryl methyl sites for hydroxylation is 1. The Morgan fingerprint density at radius 3 is 1.84 bits per heavy atom. The molecule has 6 heteroatoms. The van der Waals surface area contributed by atoms with E-state index in [4.69, 9.17) is 18.0 Å². The molecule has 0 heterocycles. The lowest BCUT2D eigenvalue weighted by atomic mass is 9.78. The minimum Gasteiger partial charge on any atom is -0.494 e. The van der Waals surface area contributed by atoms with Crippen LogP contribution in [0.4, 0.5) is 0 Å². The second-order valence-electron chi connectivity index (χ2n) is 8.23. The first-order valence-electron chi connectivity index (χ1n) is 10.9. The van der Waals surface area contributed by atoms with Crippen molar-refractivity contribution in [3.05, 3.63) is 65.2 Å². The maximum absolute atomic E-state index is 5.94. The number of ether oxygens (including phenoxy) is 1. The highest BCUT2D eigenvalue weighted by Gasteiger charge is 2.36. The van der Waals surface area contributed by atoms with Crippen molar-refractivity contribution in [3.8, 4) is 5.75 Å². The molecule has 2 rings (SSSR count). The van der Waals surface area contributed by atoms with Gasteiger partial charge < -0.3 is 18.0 Å². The molecular weight excluding hydrogens is 424 g/mol. The molecule has 0 atom stereocenters. The number of benzene rings is 2. The third kappa shape index (κ3) is 7.65. The fraction of sp³-hybridized carbons (Fsp3) is 0.520. The van der Waals surface area contributed by atoms with E-state index in [0.717, 1.165) is 42.7 Å². The van der Waals surface area contributed by atoms with Crippen LogP contribution < -0.4 is 4.74 Å². The standard InChI is InChI=1S/C25H38O4SSi/c1-21-9-11-22(12-10-21)25(2,3)23-13-15-24(16-14-23)29-17-7-18-30-19-8-20-31(26-4,27-5)28-6/h9-16H,7-8,17-20H2,1-6H3. The molecule has 2 aromatic rings. The van der Waals surface area contributed by atoms with Crippen molar-refractivity contribution in [2.75, 3.05) is 39.4 Å². The summed E-state index contributed by atoms with van der Waals surface area (Å²) in [5.74, 6) is 3.10. The summed E-state index contributed by atoms with van der Waals surface area (Å²) in [6, 6.07) is 18.2. The van der Waals surface area contributed by atoms with Crippen LogP contribution in [0.1, 0.15) is 43.4 Å². The van der Waals surface area contributed by atoms with E-state index >= 15 is 0 Å². The molecule has 0 aliphatic heterocycles. The average molecular weight is 463 g/mol. The van der Waals surface area contributed by atoms with Gasteiger partial charge in [-0.3, -0.25) is 0 Å². The lowest BCUT2D eigenvalue weighted by Crippen LogP contribution is -2.42. The Balaban J connectivity index is 1.69. The topological polar surface area (TPSA) is 36.9 Å². The first-order chi connectivity index (χ1) is 14.9. The van der Waals surface area contributed by atoms with E-state index in [1.807, 2.05) is 11.8 Å². The fourth-order valence-electron chi connectivity index (χ4n) is 3.50. The first kappa shape index (κ1) is 25.9. The molecule has 0 amide bonds. The zero-order valence-electron chi connectivity index (χ0n) is 19.9. The molecule has 0 bridgehead atoms. The Kier molecular flexibility index (Phi) is 10.6. The van der Waals surface area contributed by atoms with Crippen molar-refractivity contribution in [1.82, 2.24) is 0 Å². The Morgan fingerprint density at radius 1 is 0.774 bits per heavy atom. The monoisotopic (exact) mass is 462 g/mol. The summed E-state index contributed by atoms with van der Waals surface area (Å²) in [5, 5.41) is 0. The highest BCUT2D eigenvalue weighted by atomic mass is 32.2. The summed E-state index contributed by atoms with van der Waals surface area (Å²) in [6.45, 7) is 7.39. The van der Waals surface area contributed by atoms with Crippen LogP contribution in [0.25, 0.3) is 0 Å². The van der Waals surface area contributed by atoms with Gasteiger partial charge in [-0.1, -0.05) is 55.8 Å². The zero-order valence-corrected chi connectivity index (χ0v) is 21.7. The Hall–Kier alpha value is -1.31. The molecule has 0 unspecified atom stereocenters. The fourth-order valence-corrected chi connectivity index (χ4v) is 6.36. The predicted octanol–water partition coefficient (Wildman–Crippen LogP) is 6.09. The summed E-state index contributed by atoms with van der Waals surface area (Å²) in [4.78, 5) is 0. The summed E-state index contributed by atoms with van der Waals surface area (Å²) in [6.07, 6.45) is 2.06. The van der Waals surface area contributed by atoms with Gasteiger partial charge in [-0.2, -0.15) is 11.8 Å². The van der Waals surface area contributed by atoms with E-state index in [0.29, 0.717) is 0 Å². The highest BCUT2D eigenvalue weighted by Crippen LogP contribution is 2.32. The molecule has 0 aromatic heterocycles. The number of hydrogen-bond acceptors (Lipinski definition) is 5. The van der Waals surface area contributed by atoms with Gasteiger partial charge in [0.15, 0.2) is 0 Å². The summed E-state index contributed by atoms with van der Waals surface area (Å²) >= 11 is 1.94. The molecule has 4 nitrogen and oxygen atoms in total. The van der Waals surface area contributed by atoms with Gasteiger partial charge in [-0.15, -0.1) is 0 Å². The Bertz CT molecular complexity index is 750. The third-order valence-electron chi connectivity index (χ3n) is 5.76. The molecule has 0 spiro atoms. The summed E-state index contributed by atoms with van der Waals surface area (Å²) in [7, 11) is 2.58. The van der Waals surface area contributed by atoms with Crippen LogP contribution >= 0.6 is 11.8 Å². The Morgan fingerprint density at radius 2 is 1.29 bits per heavy atom. The van der Waals surface area contributed by atoms with Crippen LogP contribution in [0, 0.1) is 6.92 Å². The minimum atomic E-state index is -2.42. The Labute approximate surface area is 194 Å². The molecule has 0 fully saturated rings. The zero-order chi connectivity index (χ0) is 22.7. The molecule has 0 aliphatic carbocycles. The number of thioether (sulfide) groups is 1. The van der Waals surface area contributed by atoms with Crippen molar-refractivity contribution >= 4 is 20.6 Å². The van der Waals surface area contributed by atoms with Gasteiger partial charge in [0.2, 0.25) is 0 Å². The van der Waals surface area contributed by atoms with Crippen molar-refractivity contribution in [2.24, 2.45) is 0 Å². The van der Waals surface area contributed by atoms with E-state index in [-0.39, 0.29) is 5.41 Å². The number of hydrogen-bond donors (Lipinski definition) is 0. The second kappa shape index (κ2) is 12.7. The van der Waals surface area contributed by atoms with E-state index in [1.54, 1.807) is 21.3 Å². The van der Waals surface area contributed by atoms with E-state index in [2.05, 4.69) is 69.3 Å². The smallest absolute Gasteiger partial charge is 0.494 e. The average Bonchev–Trinajstić information content (AvgIpc) is 2.79. The van der Waals surface area contributed by atoms with Crippen molar-refractivity contribution < 1.29 is 18.0 Å². The molecule has 0 aliphatic rings. The molecular formula is C25H38O4SSi. The SMILES string of the molecule is CO[Si](CCCSCCCOc1ccc(C(C)(C)c2ccc(C)cc2)cc1)(OC)OC. The summed E-state index contributed by atoms with van der Waals surface area (Å²) < 4.78 is 22.3. The van der Waals surface area contributed by atoms with Gasteiger partial charge >= 0.3 is 8.80 Å².